The summed E-state index contributed by atoms with van der Waals surface area (Å²) >= 11 is 0. The maximum absolute atomic E-state index is 6.21. The maximum atomic E-state index is 6.21. The van der Waals surface area contributed by atoms with Gasteiger partial charge in [-0.05, 0) is 30.4 Å². The molecule has 1 aromatic rings. The topological polar surface area (TPSA) is 39.2 Å². The lowest BCUT2D eigenvalue weighted by molar-refractivity contribution is 0.386. The van der Waals surface area contributed by atoms with E-state index in [2.05, 4.69) is 0 Å². The molecule has 16 heavy (non-hydrogen) atoms. The van der Waals surface area contributed by atoms with Crippen molar-refractivity contribution in [1.82, 2.24) is 0 Å². The average molecular weight is 221 g/mol. The van der Waals surface area contributed by atoms with Crippen LogP contribution in [0.25, 0.3) is 0 Å². The van der Waals surface area contributed by atoms with Crippen molar-refractivity contribution >= 4 is 0 Å². The first-order chi connectivity index (χ1) is 7.84. The van der Waals surface area contributed by atoms with Gasteiger partial charge in [-0.25, -0.2) is 0 Å². The van der Waals surface area contributed by atoms with Gasteiger partial charge in [0.05, 0.1) is 12.5 Å². The van der Waals surface area contributed by atoms with Crippen LogP contribution in [0.1, 0.15) is 50.5 Å². The summed E-state index contributed by atoms with van der Waals surface area (Å²) < 4.78 is 5.07. The predicted molar refractivity (Wildman–Crippen MR) is 66.2 cm³/mol. The Morgan fingerprint density at radius 1 is 1.25 bits per heavy atom. The molecule has 0 aliphatic heterocycles. The summed E-state index contributed by atoms with van der Waals surface area (Å²) in [6.07, 6.45) is 14.1. The number of hydrogen-bond acceptors (Lipinski definition) is 2. The van der Waals surface area contributed by atoms with Gasteiger partial charge >= 0.3 is 0 Å². The SMILES string of the molecule is NC(Cc1ccoc1)CC1CCCCCC1. The average Bonchev–Trinajstić information content (AvgIpc) is 2.62. The number of furan rings is 1. The Bertz CT molecular complexity index is 273. The third-order valence-corrected chi connectivity index (χ3v) is 3.69. The molecule has 1 atom stereocenters. The number of rotatable bonds is 4. The minimum absolute atomic E-state index is 0.306. The molecule has 0 bridgehead atoms. The molecule has 1 fully saturated rings. The van der Waals surface area contributed by atoms with Crippen LogP contribution in [0.4, 0.5) is 0 Å². The van der Waals surface area contributed by atoms with Gasteiger partial charge in [0.2, 0.25) is 0 Å². The molecule has 1 saturated carbocycles. The van der Waals surface area contributed by atoms with Gasteiger partial charge in [-0.1, -0.05) is 38.5 Å². The van der Waals surface area contributed by atoms with Crippen molar-refractivity contribution in [1.29, 1.82) is 0 Å². The Balaban J connectivity index is 1.75. The molecule has 1 unspecified atom stereocenters. The lowest BCUT2D eigenvalue weighted by atomic mass is 9.91. The highest BCUT2D eigenvalue weighted by molar-refractivity contribution is 5.07. The second-order valence-corrected chi connectivity index (χ2v) is 5.19. The van der Waals surface area contributed by atoms with Crippen molar-refractivity contribution in [2.24, 2.45) is 11.7 Å². The van der Waals surface area contributed by atoms with Gasteiger partial charge in [0.25, 0.3) is 0 Å². The van der Waals surface area contributed by atoms with E-state index in [1.54, 1.807) is 6.26 Å². The normalized spacial score (nSPS) is 20.6. The zero-order valence-electron chi connectivity index (χ0n) is 10.0. The molecule has 1 aliphatic rings. The standard InChI is InChI=1S/C14H23NO/c15-14(10-13-7-8-16-11-13)9-12-5-3-1-2-4-6-12/h7-8,11-12,14H,1-6,9-10,15H2. The van der Waals surface area contributed by atoms with Crippen molar-refractivity contribution in [3.05, 3.63) is 24.2 Å². The summed E-state index contributed by atoms with van der Waals surface area (Å²) in [6, 6.07) is 2.33. The molecule has 0 amide bonds. The maximum Gasteiger partial charge on any atom is 0.0935 e. The van der Waals surface area contributed by atoms with Crippen LogP contribution in [0.5, 0.6) is 0 Å². The molecule has 2 heteroatoms. The number of hydrogen-bond donors (Lipinski definition) is 1. The van der Waals surface area contributed by atoms with Crippen LogP contribution in [-0.2, 0) is 6.42 Å². The van der Waals surface area contributed by atoms with E-state index in [4.69, 9.17) is 10.2 Å². The first-order valence-corrected chi connectivity index (χ1v) is 6.61. The fourth-order valence-electron chi connectivity index (χ4n) is 2.82. The molecule has 1 aromatic heterocycles. The highest BCUT2D eigenvalue weighted by atomic mass is 16.3. The Morgan fingerprint density at radius 3 is 2.62 bits per heavy atom. The minimum atomic E-state index is 0.306. The van der Waals surface area contributed by atoms with Gasteiger partial charge in [-0.2, -0.15) is 0 Å². The van der Waals surface area contributed by atoms with E-state index in [9.17, 15) is 0 Å². The molecular weight excluding hydrogens is 198 g/mol. The fourth-order valence-corrected chi connectivity index (χ4v) is 2.82. The quantitative estimate of drug-likeness (QED) is 0.790. The Morgan fingerprint density at radius 2 is 2.00 bits per heavy atom. The zero-order chi connectivity index (χ0) is 11.2. The third-order valence-electron chi connectivity index (χ3n) is 3.69. The van der Waals surface area contributed by atoms with Crippen molar-refractivity contribution in [3.8, 4) is 0 Å². The summed E-state index contributed by atoms with van der Waals surface area (Å²) in [7, 11) is 0. The molecule has 2 N–H and O–H groups in total. The highest BCUT2D eigenvalue weighted by Gasteiger charge is 2.16. The van der Waals surface area contributed by atoms with E-state index >= 15 is 0 Å². The largest absolute Gasteiger partial charge is 0.472 e. The summed E-state index contributed by atoms with van der Waals surface area (Å²) in [5.41, 5.74) is 7.44. The first kappa shape index (κ1) is 11.7. The molecule has 0 saturated heterocycles. The van der Waals surface area contributed by atoms with Crippen LogP contribution >= 0.6 is 0 Å². The van der Waals surface area contributed by atoms with E-state index < -0.39 is 0 Å². The molecule has 1 heterocycles. The molecule has 1 aliphatic carbocycles. The molecule has 90 valence electrons. The predicted octanol–water partition coefficient (Wildman–Crippen LogP) is 3.51. The van der Waals surface area contributed by atoms with Crippen LogP contribution in [0, 0.1) is 5.92 Å². The van der Waals surface area contributed by atoms with E-state index in [-0.39, 0.29) is 0 Å². The van der Waals surface area contributed by atoms with Gasteiger partial charge in [0, 0.05) is 6.04 Å². The number of nitrogens with two attached hydrogens (primary N) is 1. The van der Waals surface area contributed by atoms with E-state index in [0.717, 1.165) is 12.3 Å². The van der Waals surface area contributed by atoms with Gasteiger partial charge in [0.1, 0.15) is 0 Å². The van der Waals surface area contributed by atoms with Crippen LogP contribution < -0.4 is 5.73 Å². The first-order valence-electron chi connectivity index (χ1n) is 6.61. The Hall–Kier alpha value is -0.760. The smallest absolute Gasteiger partial charge is 0.0935 e. The molecule has 0 aromatic carbocycles. The molecule has 2 nitrogen and oxygen atoms in total. The van der Waals surface area contributed by atoms with Crippen molar-refractivity contribution in [2.75, 3.05) is 0 Å². The Kier molecular flexibility index (Phi) is 4.46. The summed E-state index contributed by atoms with van der Waals surface area (Å²) in [4.78, 5) is 0. The monoisotopic (exact) mass is 221 g/mol. The summed E-state index contributed by atoms with van der Waals surface area (Å²) in [5, 5.41) is 0. The molecule has 2 rings (SSSR count). The molecular formula is C14H23NO. The van der Waals surface area contributed by atoms with Crippen LogP contribution in [0.15, 0.2) is 23.0 Å². The summed E-state index contributed by atoms with van der Waals surface area (Å²) in [6.45, 7) is 0. The summed E-state index contributed by atoms with van der Waals surface area (Å²) in [5.74, 6) is 0.865. The fraction of sp³-hybridized carbons (Fsp3) is 0.714. The van der Waals surface area contributed by atoms with E-state index in [1.165, 1.54) is 50.5 Å². The van der Waals surface area contributed by atoms with Gasteiger partial charge in [-0.15, -0.1) is 0 Å². The van der Waals surface area contributed by atoms with Crippen molar-refractivity contribution < 1.29 is 4.42 Å². The third kappa shape index (κ3) is 3.67. The van der Waals surface area contributed by atoms with Gasteiger partial charge in [-0.3, -0.25) is 0 Å². The van der Waals surface area contributed by atoms with Crippen LogP contribution in [0.3, 0.4) is 0 Å². The van der Waals surface area contributed by atoms with Gasteiger partial charge < -0.3 is 10.2 Å². The second kappa shape index (κ2) is 6.09. The zero-order valence-corrected chi connectivity index (χ0v) is 10.0. The van der Waals surface area contributed by atoms with Gasteiger partial charge in [0.15, 0.2) is 0 Å². The lowest BCUT2D eigenvalue weighted by Gasteiger charge is -2.18. The van der Waals surface area contributed by atoms with E-state index in [1.807, 2.05) is 12.3 Å². The second-order valence-electron chi connectivity index (χ2n) is 5.19. The Labute approximate surface area is 98.2 Å². The van der Waals surface area contributed by atoms with Crippen LogP contribution in [-0.4, -0.2) is 6.04 Å². The van der Waals surface area contributed by atoms with Crippen LogP contribution in [0.2, 0.25) is 0 Å². The lowest BCUT2D eigenvalue weighted by Crippen LogP contribution is -2.25. The van der Waals surface area contributed by atoms with Crippen molar-refractivity contribution in [3.63, 3.8) is 0 Å². The molecule has 0 spiro atoms. The van der Waals surface area contributed by atoms with E-state index in [0.29, 0.717) is 6.04 Å². The molecule has 0 radical (unpaired) electrons. The highest BCUT2D eigenvalue weighted by Crippen LogP contribution is 2.26. The minimum Gasteiger partial charge on any atom is -0.472 e. The van der Waals surface area contributed by atoms with Crippen molar-refractivity contribution in [2.45, 2.75) is 57.4 Å².